The lowest BCUT2D eigenvalue weighted by Gasteiger charge is -2.25. The number of aliphatic hydroxyl groups is 1. The van der Waals surface area contributed by atoms with Gasteiger partial charge in [-0.05, 0) is 18.3 Å². The van der Waals surface area contributed by atoms with E-state index in [-0.39, 0.29) is 12.0 Å². The third-order valence-corrected chi connectivity index (χ3v) is 3.11. The molecule has 1 N–H and O–H groups in total. The van der Waals surface area contributed by atoms with Gasteiger partial charge in [-0.3, -0.25) is 0 Å². The van der Waals surface area contributed by atoms with Crippen molar-refractivity contribution in [2.24, 2.45) is 12.5 Å². The van der Waals surface area contributed by atoms with Gasteiger partial charge in [-0.15, -0.1) is 0 Å². The normalized spacial score (nSPS) is 15.4. The summed E-state index contributed by atoms with van der Waals surface area (Å²) in [5.74, 6) is 1.10. The van der Waals surface area contributed by atoms with Crippen LogP contribution in [0.1, 0.15) is 32.5 Å². The average molecular weight is 196 g/mol. The van der Waals surface area contributed by atoms with Crippen LogP contribution in [0.2, 0.25) is 0 Å². The lowest BCUT2D eigenvalue weighted by Crippen LogP contribution is -2.21. The van der Waals surface area contributed by atoms with Crippen LogP contribution >= 0.6 is 0 Å². The summed E-state index contributed by atoms with van der Waals surface area (Å²) in [6, 6.07) is 0. The van der Waals surface area contributed by atoms with Crippen molar-refractivity contribution in [2.75, 3.05) is 6.61 Å². The highest BCUT2D eigenvalue weighted by atomic mass is 16.3. The third-order valence-electron chi connectivity index (χ3n) is 3.11. The first-order valence-electron chi connectivity index (χ1n) is 5.18. The Morgan fingerprint density at radius 3 is 2.71 bits per heavy atom. The topological polar surface area (TPSA) is 38.1 Å². The number of rotatable bonds is 5. The van der Waals surface area contributed by atoms with Crippen molar-refractivity contribution in [3.8, 4) is 0 Å². The first-order valence-corrected chi connectivity index (χ1v) is 5.18. The quantitative estimate of drug-likeness (QED) is 0.779. The zero-order valence-electron chi connectivity index (χ0n) is 9.32. The fourth-order valence-electron chi connectivity index (χ4n) is 1.42. The molecule has 0 saturated carbocycles. The number of nitrogens with zero attached hydrogens (tertiary/aromatic N) is 2. The Kier molecular flexibility index (Phi) is 3.69. The van der Waals surface area contributed by atoms with Crippen LogP contribution in [0.25, 0.3) is 0 Å². The van der Waals surface area contributed by atoms with Gasteiger partial charge >= 0.3 is 0 Å². The van der Waals surface area contributed by atoms with E-state index in [1.807, 2.05) is 24.0 Å². The molecule has 0 spiro atoms. The molecule has 1 rings (SSSR count). The highest BCUT2D eigenvalue weighted by Gasteiger charge is 2.21. The summed E-state index contributed by atoms with van der Waals surface area (Å²) in [4.78, 5) is 4.27. The number of hydrogen-bond donors (Lipinski definition) is 1. The largest absolute Gasteiger partial charge is 0.396 e. The first kappa shape index (κ1) is 11.2. The van der Waals surface area contributed by atoms with E-state index in [4.69, 9.17) is 0 Å². The predicted molar refractivity (Wildman–Crippen MR) is 57.0 cm³/mol. The molecule has 1 heterocycles. The first-order chi connectivity index (χ1) is 6.61. The van der Waals surface area contributed by atoms with E-state index in [9.17, 15) is 5.11 Å². The molecule has 0 amide bonds. The summed E-state index contributed by atoms with van der Waals surface area (Å²) in [6.45, 7) is 4.50. The van der Waals surface area contributed by atoms with Crippen molar-refractivity contribution in [1.29, 1.82) is 0 Å². The maximum Gasteiger partial charge on any atom is 0.108 e. The summed E-state index contributed by atoms with van der Waals surface area (Å²) < 4.78 is 2.04. The number of aromatic nitrogens is 2. The summed E-state index contributed by atoms with van der Waals surface area (Å²) in [7, 11) is 2.00. The molecule has 1 atom stereocenters. The molecule has 1 unspecified atom stereocenters. The van der Waals surface area contributed by atoms with Gasteiger partial charge in [0, 0.05) is 32.5 Å². The molecule has 0 aliphatic carbocycles. The van der Waals surface area contributed by atoms with Crippen LogP contribution < -0.4 is 0 Å². The molecule has 0 aliphatic heterocycles. The minimum absolute atomic E-state index is 0.0476. The summed E-state index contributed by atoms with van der Waals surface area (Å²) >= 11 is 0. The van der Waals surface area contributed by atoms with E-state index in [2.05, 4.69) is 18.8 Å². The van der Waals surface area contributed by atoms with Gasteiger partial charge in [0.25, 0.3) is 0 Å². The third kappa shape index (κ3) is 2.58. The second-order valence-electron chi connectivity index (χ2n) is 4.28. The molecule has 3 nitrogen and oxygen atoms in total. The predicted octanol–water partition coefficient (Wildman–Crippen LogP) is 1.76. The van der Waals surface area contributed by atoms with Gasteiger partial charge in [-0.25, -0.2) is 4.98 Å². The Bertz CT molecular complexity index is 277. The SMILES string of the molecule is CCC(C)(CO)CCc1nccn1C. The molecule has 3 heteroatoms. The molecular formula is C11H20N2O. The zero-order chi connectivity index (χ0) is 10.6. The maximum atomic E-state index is 9.26. The summed E-state index contributed by atoms with van der Waals surface area (Å²) in [5, 5.41) is 9.26. The minimum Gasteiger partial charge on any atom is -0.396 e. The maximum absolute atomic E-state index is 9.26. The van der Waals surface area contributed by atoms with Crippen molar-refractivity contribution >= 4 is 0 Å². The molecule has 0 aliphatic rings. The Morgan fingerprint density at radius 1 is 1.57 bits per heavy atom. The van der Waals surface area contributed by atoms with Crippen LogP contribution in [0.4, 0.5) is 0 Å². The number of aliphatic hydroxyl groups excluding tert-OH is 1. The number of imidazole rings is 1. The average Bonchev–Trinajstić information content (AvgIpc) is 2.61. The Balaban J connectivity index is 2.52. The van der Waals surface area contributed by atoms with Crippen molar-refractivity contribution in [3.63, 3.8) is 0 Å². The van der Waals surface area contributed by atoms with E-state index < -0.39 is 0 Å². The molecule has 1 aromatic heterocycles. The lowest BCUT2D eigenvalue weighted by molar-refractivity contribution is 0.128. The Labute approximate surface area is 85.8 Å². The van der Waals surface area contributed by atoms with Crippen molar-refractivity contribution in [3.05, 3.63) is 18.2 Å². The van der Waals surface area contributed by atoms with Gasteiger partial charge < -0.3 is 9.67 Å². The van der Waals surface area contributed by atoms with E-state index in [1.165, 1.54) is 0 Å². The molecule has 0 saturated heterocycles. The van der Waals surface area contributed by atoms with Crippen LogP contribution in [0.3, 0.4) is 0 Å². The monoisotopic (exact) mass is 196 g/mol. The van der Waals surface area contributed by atoms with Gasteiger partial charge in [0.1, 0.15) is 5.82 Å². The Hall–Kier alpha value is -0.830. The van der Waals surface area contributed by atoms with E-state index in [0.717, 1.165) is 25.1 Å². The molecule has 1 aromatic rings. The van der Waals surface area contributed by atoms with Crippen LogP contribution in [0, 0.1) is 5.41 Å². The second kappa shape index (κ2) is 4.60. The van der Waals surface area contributed by atoms with Crippen LogP contribution in [-0.2, 0) is 13.5 Å². The standard InChI is InChI=1S/C11H20N2O/c1-4-11(2,9-14)6-5-10-12-7-8-13(10)3/h7-8,14H,4-6,9H2,1-3H3. The van der Waals surface area contributed by atoms with Gasteiger partial charge in [-0.2, -0.15) is 0 Å². The summed E-state index contributed by atoms with van der Waals surface area (Å²) in [6.07, 6.45) is 6.71. The van der Waals surface area contributed by atoms with E-state index in [0.29, 0.717) is 0 Å². The Morgan fingerprint density at radius 2 is 2.29 bits per heavy atom. The smallest absolute Gasteiger partial charge is 0.108 e. The summed E-state index contributed by atoms with van der Waals surface area (Å²) in [5.41, 5.74) is 0.0476. The number of hydrogen-bond acceptors (Lipinski definition) is 2. The molecule has 0 radical (unpaired) electrons. The zero-order valence-corrected chi connectivity index (χ0v) is 9.32. The fourth-order valence-corrected chi connectivity index (χ4v) is 1.42. The molecular weight excluding hydrogens is 176 g/mol. The van der Waals surface area contributed by atoms with E-state index in [1.54, 1.807) is 0 Å². The van der Waals surface area contributed by atoms with Crippen molar-refractivity contribution < 1.29 is 5.11 Å². The second-order valence-corrected chi connectivity index (χ2v) is 4.28. The number of aryl methyl sites for hydroxylation is 2. The molecule has 0 fully saturated rings. The van der Waals surface area contributed by atoms with Gasteiger partial charge in [0.15, 0.2) is 0 Å². The molecule has 14 heavy (non-hydrogen) atoms. The van der Waals surface area contributed by atoms with Gasteiger partial charge in [0.05, 0.1) is 0 Å². The van der Waals surface area contributed by atoms with Crippen molar-refractivity contribution in [2.45, 2.75) is 33.1 Å². The molecule has 0 aromatic carbocycles. The van der Waals surface area contributed by atoms with E-state index >= 15 is 0 Å². The van der Waals surface area contributed by atoms with Gasteiger partial charge in [0.2, 0.25) is 0 Å². The highest BCUT2D eigenvalue weighted by Crippen LogP contribution is 2.26. The van der Waals surface area contributed by atoms with Crippen LogP contribution in [0.15, 0.2) is 12.4 Å². The minimum atomic E-state index is 0.0476. The van der Waals surface area contributed by atoms with Crippen LogP contribution in [0.5, 0.6) is 0 Å². The van der Waals surface area contributed by atoms with Gasteiger partial charge in [-0.1, -0.05) is 13.8 Å². The van der Waals surface area contributed by atoms with Crippen molar-refractivity contribution in [1.82, 2.24) is 9.55 Å². The molecule has 80 valence electrons. The highest BCUT2D eigenvalue weighted by molar-refractivity contribution is 4.92. The lowest BCUT2D eigenvalue weighted by atomic mass is 9.83. The molecule has 0 bridgehead atoms. The van der Waals surface area contributed by atoms with Crippen LogP contribution in [-0.4, -0.2) is 21.3 Å². The fraction of sp³-hybridized carbons (Fsp3) is 0.727.